The van der Waals surface area contributed by atoms with Gasteiger partial charge in [0.1, 0.15) is 29.7 Å². The van der Waals surface area contributed by atoms with Crippen molar-refractivity contribution in [2.75, 3.05) is 6.61 Å². The quantitative estimate of drug-likeness (QED) is 0.605. The Hall–Kier alpha value is -3.01. The molecule has 27 heavy (non-hydrogen) atoms. The van der Waals surface area contributed by atoms with Gasteiger partial charge in [-0.3, -0.25) is 0 Å². The van der Waals surface area contributed by atoms with E-state index in [1.54, 1.807) is 41.7 Å². The summed E-state index contributed by atoms with van der Waals surface area (Å²) in [5.74, 6) is -0.545. The van der Waals surface area contributed by atoms with E-state index in [1.165, 1.54) is 6.07 Å². The summed E-state index contributed by atoms with van der Waals surface area (Å²) in [5.41, 5.74) is 2.37. The summed E-state index contributed by atoms with van der Waals surface area (Å²) in [5, 5.41) is 22.9. The Kier molecular flexibility index (Phi) is 5.97. The molecule has 3 aromatic rings. The molecule has 1 aromatic heterocycles. The average Bonchev–Trinajstić information content (AvgIpc) is 3.18. The maximum absolute atomic E-state index is 10.9. The predicted molar refractivity (Wildman–Crippen MR) is 103 cm³/mol. The first kappa shape index (κ1) is 18.8. The van der Waals surface area contributed by atoms with E-state index >= 15 is 0 Å². The molecule has 2 aromatic carbocycles. The number of aliphatic carboxylic acids is 1. The minimum atomic E-state index is -1.14. The normalized spacial score (nSPS) is 10.2. The molecule has 1 N–H and O–H groups in total. The molecule has 5 nitrogen and oxygen atoms in total. The van der Waals surface area contributed by atoms with Crippen molar-refractivity contribution < 1.29 is 19.4 Å². The molecule has 0 aliphatic heterocycles. The molecule has 0 spiro atoms. The van der Waals surface area contributed by atoms with Crippen LogP contribution in [-0.4, -0.2) is 17.7 Å². The average molecular weight is 400 g/mol. The Labute approximate surface area is 165 Å². The van der Waals surface area contributed by atoms with Crippen LogP contribution in [0, 0.1) is 11.3 Å². The van der Waals surface area contributed by atoms with E-state index in [0.717, 1.165) is 5.56 Å². The maximum Gasteiger partial charge on any atom is 0.341 e. The van der Waals surface area contributed by atoms with Crippen LogP contribution in [0.25, 0.3) is 11.1 Å². The standard InChI is InChI=1S/C20H14ClNO4S/c21-18-4-2-1-3-15(18)16-7-14(25-10-13-5-6-27-12-13)8-19(17(16)9-22)26-11-20(23)24/h1-8,12H,10-11H2,(H,23,24). The summed E-state index contributed by atoms with van der Waals surface area (Å²) in [6.07, 6.45) is 0. The smallest absolute Gasteiger partial charge is 0.341 e. The van der Waals surface area contributed by atoms with Gasteiger partial charge in [-0.1, -0.05) is 29.8 Å². The van der Waals surface area contributed by atoms with Crippen LogP contribution >= 0.6 is 22.9 Å². The van der Waals surface area contributed by atoms with Gasteiger partial charge in [0.15, 0.2) is 6.61 Å². The lowest BCUT2D eigenvalue weighted by Gasteiger charge is -2.15. The van der Waals surface area contributed by atoms with Gasteiger partial charge in [-0.15, -0.1) is 0 Å². The molecule has 0 radical (unpaired) electrons. The van der Waals surface area contributed by atoms with Crippen LogP contribution in [0.5, 0.6) is 11.5 Å². The molecular weight excluding hydrogens is 386 g/mol. The van der Waals surface area contributed by atoms with Gasteiger partial charge in [-0.2, -0.15) is 16.6 Å². The lowest BCUT2D eigenvalue weighted by atomic mass is 9.99. The number of hydrogen-bond donors (Lipinski definition) is 1. The summed E-state index contributed by atoms with van der Waals surface area (Å²) in [7, 11) is 0. The zero-order valence-corrected chi connectivity index (χ0v) is 15.6. The predicted octanol–water partition coefficient (Wildman–Crippen LogP) is 4.98. The fourth-order valence-corrected chi connectivity index (χ4v) is 3.37. The molecule has 7 heteroatoms. The second kappa shape index (κ2) is 8.58. The molecule has 0 amide bonds. The highest BCUT2D eigenvalue weighted by Gasteiger charge is 2.17. The summed E-state index contributed by atoms with van der Waals surface area (Å²) in [4.78, 5) is 10.9. The van der Waals surface area contributed by atoms with E-state index in [0.29, 0.717) is 28.5 Å². The number of thiophene rings is 1. The number of ether oxygens (including phenoxy) is 2. The summed E-state index contributed by atoms with van der Waals surface area (Å²) in [6, 6.07) is 14.3. The third kappa shape index (κ3) is 4.59. The maximum atomic E-state index is 10.9. The van der Waals surface area contributed by atoms with Gasteiger partial charge in [-0.25, -0.2) is 4.79 Å². The molecule has 0 saturated carbocycles. The molecule has 3 rings (SSSR count). The fraction of sp³-hybridized carbons (Fsp3) is 0.100. The Morgan fingerprint density at radius 3 is 2.67 bits per heavy atom. The Bertz CT molecular complexity index is 996. The highest BCUT2D eigenvalue weighted by atomic mass is 35.5. The SMILES string of the molecule is N#Cc1c(OCC(=O)O)cc(OCc2ccsc2)cc1-c1ccccc1Cl. The van der Waals surface area contributed by atoms with Crippen molar-refractivity contribution in [3.63, 3.8) is 0 Å². The van der Waals surface area contributed by atoms with Crippen LogP contribution in [0.4, 0.5) is 0 Å². The van der Waals surface area contributed by atoms with Crippen LogP contribution in [0.1, 0.15) is 11.1 Å². The minimum absolute atomic E-state index is 0.137. The van der Waals surface area contributed by atoms with E-state index < -0.39 is 12.6 Å². The second-order valence-corrected chi connectivity index (χ2v) is 6.73. The molecule has 0 fully saturated rings. The Balaban J connectivity index is 2.04. The zero-order valence-electron chi connectivity index (χ0n) is 14.0. The van der Waals surface area contributed by atoms with Crippen LogP contribution < -0.4 is 9.47 Å². The first-order valence-electron chi connectivity index (χ1n) is 7.90. The number of carbonyl (C=O) groups is 1. The molecule has 1 heterocycles. The molecule has 136 valence electrons. The summed E-state index contributed by atoms with van der Waals surface area (Å²) in [6.45, 7) is -0.222. The molecule has 0 atom stereocenters. The molecule has 0 aliphatic carbocycles. The van der Waals surface area contributed by atoms with Gasteiger partial charge in [0.25, 0.3) is 0 Å². The van der Waals surface area contributed by atoms with Crippen molar-refractivity contribution in [1.29, 1.82) is 5.26 Å². The van der Waals surface area contributed by atoms with E-state index in [9.17, 15) is 10.1 Å². The summed E-state index contributed by atoms with van der Waals surface area (Å²) < 4.78 is 11.2. The third-order valence-corrected chi connectivity index (χ3v) is 4.75. The van der Waals surface area contributed by atoms with E-state index in [1.807, 2.05) is 16.8 Å². The van der Waals surface area contributed by atoms with Gasteiger partial charge in [0, 0.05) is 22.2 Å². The number of rotatable bonds is 7. The number of benzene rings is 2. The number of hydrogen-bond acceptors (Lipinski definition) is 5. The van der Waals surface area contributed by atoms with Crippen molar-refractivity contribution in [1.82, 2.24) is 0 Å². The van der Waals surface area contributed by atoms with Crippen molar-refractivity contribution >= 4 is 28.9 Å². The topological polar surface area (TPSA) is 79.5 Å². The Morgan fingerprint density at radius 1 is 1.19 bits per heavy atom. The van der Waals surface area contributed by atoms with Crippen molar-refractivity contribution in [2.45, 2.75) is 6.61 Å². The van der Waals surface area contributed by atoms with Crippen molar-refractivity contribution in [3.05, 3.63) is 69.4 Å². The van der Waals surface area contributed by atoms with Crippen LogP contribution in [0.15, 0.2) is 53.2 Å². The number of nitrogens with zero attached hydrogens (tertiary/aromatic N) is 1. The van der Waals surface area contributed by atoms with Gasteiger partial charge in [-0.05, 0) is 34.5 Å². The first-order valence-corrected chi connectivity index (χ1v) is 9.22. The monoisotopic (exact) mass is 399 g/mol. The van der Waals surface area contributed by atoms with E-state index in [4.69, 9.17) is 26.2 Å². The number of carboxylic acid groups (broad SMARTS) is 1. The highest BCUT2D eigenvalue weighted by Crippen LogP contribution is 2.38. The largest absolute Gasteiger partial charge is 0.489 e. The van der Waals surface area contributed by atoms with Crippen molar-refractivity contribution in [3.8, 4) is 28.7 Å². The number of carboxylic acids is 1. The van der Waals surface area contributed by atoms with E-state index in [-0.39, 0.29) is 11.3 Å². The van der Waals surface area contributed by atoms with Gasteiger partial charge < -0.3 is 14.6 Å². The zero-order chi connectivity index (χ0) is 19.2. The summed E-state index contributed by atoms with van der Waals surface area (Å²) >= 11 is 7.86. The van der Waals surface area contributed by atoms with Crippen LogP contribution in [0.3, 0.4) is 0 Å². The Morgan fingerprint density at radius 2 is 2.00 bits per heavy atom. The van der Waals surface area contributed by atoms with E-state index in [2.05, 4.69) is 6.07 Å². The third-order valence-electron chi connectivity index (χ3n) is 3.69. The lowest BCUT2D eigenvalue weighted by Crippen LogP contribution is -2.10. The minimum Gasteiger partial charge on any atom is -0.489 e. The lowest BCUT2D eigenvalue weighted by molar-refractivity contribution is -0.139. The molecule has 0 aliphatic rings. The number of halogens is 1. The second-order valence-electron chi connectivity index (χ2n) is 5.54. The molecule has 0 bridgehead atoms. The van der Waals surface area contributed by atoms with Crippen LogP contribution in [-0.2, 0) is 11.4 Å². The highest BCUT2D eigenvalue weighted by molar-refractivity contribution is 7.07. The van der Waals surface area contributed by atoms with Crippen molar-refractivity contribution in [2.24, 2.45) is 0 Å². The molecular formula is C20H14ClNO4S. The first-order chi connectivity index (χ1) is 13.1. The number of nitriles is 1. The van der Waals surface area contributed by atoms with Crippen LogP contribution in [0.2, 0.25) is 5.02 Å². The van der Waals surface area contributed by atoms with Gasteiger partial charge in [0.2, 0.25) is 0 Å². The fourth-order valence-electron chi connectivity index (χ4n) is 2.48. The molecule has 0 saturated heterocycles. The molecule has 0 unspecified atom stereocenters. The van der Waals surface area contributed by atoms with Gasteiger partial charge in [0.05, 0.1) is 0 Å². The van der Waals surface area contributed by atoms with Gasteiger partial charge >= 0.3 is 5.97 Å².